The van der Waals surface area contributed by atoms with Crippen LogP contribution in [0.2, 0.25) is 0 Å². The lowest BCUT2D eigenvalue weighted by Crippen LogP contribution is -2.18. The van der Waals surface area contributed by atoms with Crippen LogP contribution in [0.15, 0.2) is 23.8 Å². The third-order valence-corrected chi connectivity index (χ3v) is 6.55. The minimum absolute atomic E-state index is 0.00615. The molecule has 0 N–H and O–H groups in total. The van der Waals surface area contributed by atoms with E-state index < -0.39 is 23.6 Å². The lowest BCUT2D eigenvalue weighted by molar-refractivity contribution is 0.301. The summed E-state index contributed by atoms with van der Waals surface area (Å²) in [5.74, 6) is -0.600. The first-order chi connectivity index (χ1) is 13.0. The van der Waals surface area contributed by atoms with Gasteiger partial charge in [-0.05, 0) is 79.5 Å². The summed E-state index contributed by atoms with van der Waals surface area (Å²) < 4.78 is 54.1. The summed E-state index contributed by atoms with van der Waals surface area (Å²) in [6.07, 6.45) is 9.10. The summed E-state index contributed by atoms with van der Waals surface area (Å²) in [6, 6.07) is 2.91. The largest absolute Gasteiger partial charge is 0.269 e. The molecule has 27 heavy (non-hydrogen) atoms. The fourth-order valence-electron chi connectivity index (χ4n) is 4.77. The Hall–Kier alpha value is -1.32. The van der Waals surface area contributed by atoms with E-state index in [0.717, 1.165) is 37.2 Å². The van der Waals surface area contributed by atoms with Crippen LogP contribution in [0.5, 0.6) is 0 Å². The molecule has 3 rings (SSSR count). The first-order valence-corrected chi connectivity index (χ1v) is 10.5. The van der Waals surface area contributed by atoms with Crippen LogP contribution < -0.4 is 0 Å². The molecule has 0 nitrogen and oxygen atoms in total. The average Bonchev–Trinajstić information content (AvgIpc) is 2.60. The van der Waals surface area contributed by atoms with E-state index in [9.17, 15) is 17.6 Å². The summed E-state index contributed by atoms with van der Waals surface area (Å²) >= 11 is 0. The van der Waals surface area contributed by atoms with Crippen LogP contribution in [0, 0.1) is 17.6 Å². The Kier molecular flexibility index (Phi) is 6.99. The number of unbranched alkanes of at least 4 members (excludes halogenated alkanes) is 3. The highest BCUT2D eigenvalue weighted by molar-refractivity contribution is 5.36. The molecule has 2 aliphatic rings. The predicted octanol–water partition coefficient (Wildman–Crippen LogP) is 8.24. The molecule has 0 aromatic heterocycles. The number of hydrogen-bond donors (Lipinski definition) is 0. The molecule has 150 valence electrons. The van der Waals surface area contributed by atoms with Gasteiger partial charge in [0.15, 0.2) is 0 Å². The molecule has 1 aromatic carbocycles. The number of benzene rings is 1. The van der Waals surface area contributed by atoms with Gasteiger partial charge in [0.05, 0.1) is 0 Å². The summed E-state index contributed by atoms with van der Waals surface area (Å²) in [6.45, 7) is 2.22. The standard InChI is InChI=1S/C23H30F4/c1-2-3-4-5-6-15-7-9-16(10-8-15)17-13-20(24)22(21(25)14-17)18-11-19(12-18)23(26)27/h13-16,18H,2-12H2,1H3. The molecule has 0 amide bonds. The molecule has 4 heteroatoms. The minimum Gasteiger partial charge on any atom is -0.207 e. The van der Waals surface area contributed by atoms with Crippen molar-refractivity contribution in [2.75, 3.05) is 0 Å². The Balaban J connectivity index is 1.57. The van der Waals surface area contributed by atoms with Crippen LogP contribution in [-0.2, 0) is 0 Å². The molecular formula is C23H30F4. The predicted molar refractivity (Wildman–Crippen MR) is 101 cm³/mol. The van der Waals surface area contributed by atoms with E-state index in [-0.39, 0.29) is 29.9 Å². The summed E-state index contributed by atoms with van der Waals surface area (Å²) in [5.41, 5.74) is 0.762. The monoisotopic (exact) mass is 382 g/mol. The van der Waals surface area contributed by atoms with Gasteiger partial charge < -0.3 is 0 Å². The lowest BCUT2D eigenvalue weighted by atomic mass is 9.74. The molecule has 2 saturated carbocycles. The second-order valence-corrected chi connectivity index (χ2v) is 8.43. The number of allylic oxidation sites excluding steroid dienone is 1. The normalized spacial score (nSPS) is 25.4. The number of hydrogen-bond acceptors (Lipinski definition) is 0. The van der Waals surface area contributed by atoms with Gasteiger partial charge in [0.1, 0.15) is 11.6 Å². The molecule has 0 saturated heterocycles. The topological polar surface area (TPSA) is 0 Å². The van der Waals surface area contributed by atoms with Gasteiger partial charge in [0, 0.05) is 5.56 Å². The van der Waals surface area contributed by atoms with E-state index in [1.54, 1.807) is 0 Å². The molecular weight excluding hydrogens is 352 g/mol. The number of rotatable bonds is 7. The van der Waals surface area contributed by atoms with Crippen molar-refractivity contribution in [2.45, 2.75) is 89.4 Å². The van der Waals surface area contributed by atoms with Crippen molar-refractivity contribution in [3.63, 3.8) is 0 Å². The van der Waals surface area contributed by atoms with Gasteiger partial charge in [-0.2, -0.15) is 8.78 Å². The highest BCUT2D eigenvalue weighted by Gasteiger charge is 2.33. The molecule has 2 fully saturated rings. The minimum atomic E-state index is -1.70. The molecule has 2 aliphatic carbocycles. The van der Waals surface area contributed by atoms with Crippen molar-refractivity contribution in [3.8, 4) is 0 Å². The fraction of sp³-hybridized carbons (Fsp3) is 0.652. The van der Waals surface area contributed by atoms with Gasteiger partial charge in [-0.1, -0.05) is 39.0 Å². The van der Waals surface area contributed by atoms with E-state index in [1.807, 2.05) is 0 Å². The Morgan fingerprint density at radius 3 is 2.07 bits per heavy atom. The van der Waals surface area contributed by atoms with Gasteiger partial charge >= 0.3 is 0 Å². The van der Waals surface area contributed by atoms with E-state index in [1.165, 1.54) is 44.2 Å². The van der Waals surface area contributed by atoms with Crippen LogP contribution in [0.3, 0.4) is 0 Å². The maximum Gasteiger partial charge on any atom is 0.269 e. The maximum absolute atomic E-state index is 14.5. The van der Waals surface area contributed by atoms with Gasteiger partial charge in [0.25, 0.3) is 6.08 Å². The SMILES string of the molecule is CCCCCCC1CCC(c2cc(F)c(C3CC(=C(F)F)C3)c(F)c2)CC1. The fourth-order valence-corrected chi connectivity index (χ4v) is 4.77. The van der Waals surface area contributed by atoms with E-state index in [4.69, 9.17) is 0 Å². The van der Waals surface area contributed by atoms with Crippen molar-refractivity contribution < 1.29 is 17.6 Å². The quantitative estimate of drug-likeness (QED) is 0.329. The van der Waals surface area contributed by atoms with Crippen molar-refractivity contribution in [1.82, 2.24) is 0 Å². The molecule has 0 spiro atoms. The van der Waals surface area contributed by atoms with Crippen molar-refractivity contribution in [1.29, 1.82) is 0 Å². The van der Waals surface area contributed by atoms with Crippen LogP contribution in [-0.4, -0.2) is 0 Å². The van der Waals surface area contributed by atoms with Gasteiger partial charge in [-0.15, -0.1) is 0 Å². The molecule has 0 unspecified atom stereocenters. The highest BCUT2D eigenvalue weighted by Crippen LogP contribution is 2.46. The van der Waals surface area contributed by atoms with Crippen LogP contribution in [0.4, 0.5) is 17.6 Å². The van der Waals surface area contributed by atoms with Crippen LogP contribution in [0.25, 0.3) is 0 Å². The Bertz CT molecular complexity index is 636. The third-order valence-electron chi connectivity index (χ3n) is 6.55. The molecule has 0 bridgehead atoms. The Labute approximate surface area is 160 Å². The van der Waals surface area contributed by atoms with Gasteiger partial charge in [0.2, 0.25) is 0 Å². The van der Waals surface area contributed by atoms with Crippen molar-refractivity contribution in [2.24, 2.45) is 5.92 Å². The van der Waals surface area contributed by atoms with Crippen molar-refractivity contribution in [3.05, 3.63) is 46.5 Å². The average molecular weight is 382 g/mol. The zero-order chi connectivity index (χ0) is 19.4. The van der Waals surface area contributed by atoms with Gasteiger partial charge in [-0.3, -0.25) is 0 Å². The Morgan fingerprint density at radius 1 is 0.889 bits per heavy atom. The molecule has 1 aromatic rings. The summed E-state index contributed by atoms with van der Waals surface area (Å²) in [7, 11) is 0. The molecule has 0 radical (unpaired) electrons. The third kappa shape index (κ3) is 4.94. The number of halogens is 4. The second kappa shape index (κ2) is 9.25. The zero-order valence-corrected chi connectivity index (χ0v) is 16.2. The van der Waals surface area contributed by atoms with Crippen molar-refractivity contribution >= 4 is 0 Å². The molecule has 0 heterocycles. The van der Waals surface area contributed by atoms with Crippen LogP contribution >= 0.6 is 0 Å². The van der Waals surface area contributed by atoms with Crippen LogP contribution in [0.1, 0.15) is 101 Å². The van der Waals surface area contributed by atoms with E-state index >= 15 is 0 Å². The van der Waals surface area contributed by atoms with E-state index in [0.29, 0.717) is 0 Å². The van der Waals surface area contributed by atoms with Gasteiger partial charge in [-0.25, -0.2) is 8.78 Å². The maximum atomic E-state index is 14.5. The summed E-state index contributed by atoms with van der Waals surface area (Å²) in [4.78, 5) is 0. The first kappa shape index (κ1) is 20.4. The first-order valence-electron chi connectivity index (χ1n) is 10.5. The van der Waals surface area contributed by atoms with E-state index in [2.05, 4.69) is 6.92 Å². The highest BCUT2D eigenvalue weighted by atomic mass is 19.3. The Morgan fingerprint density at radius 2 is 1.52 bits per heavy atom. The zero-order valence-electron chi connectivity index (χ0n) is 16.2. The molecule has 0 atom stereocenters. The summed E-state index contributed by atoms with van der Waals surface area (Å²) in [5, 5.41) is 0. The smallest absolute Gasteiger partial charge is 0.207 e. The molecule has 0 aliphatic heterocycles. The lowest BCUT2D eigenvalue weighted by Gasteiger charge is -2.31. The second-order valence-electron chi connectivity index (χ2n) is 8.43.